The SMILES string of the molecule is CCC(C)NC(=O)C(Cc1ccccc1)N(Cc1cccc(Cl)c1)C(=O)CN(c1ccc(OC)cc1OC)S(C)(=O)=O. The van der Waals surface area contributed by atoms with E-state index in [-0.39, 0.29) is 36.4 Å². The van der Waals surface area contributed by atoms with E-state index in [1.807, 2.05) is 44.2 Å². The van der Waals surface area contributed by atoms with E-state index in [0.29, 0.717) is 22.8 Å². The Morgan fingerprint density at radius 2 is 1.64 bits per heavy atom. The molecule has 3 aromatic rings. The summed E-state index contributed by atoms with van der Waals surface area (Å²) in [5, 5.41) is 3.48. The molecule has 3 aromatic carbocycles. The third-order valence-corrected chi connectivity index (χ3v) is 8.21. The maximum absolute atomic E-state index is 14.2. The van der Waals surface area contributed by atoms with Crippen LogP contribution in [0, 0.1) is 0 Å². The Hall–Kier alpha value is -3.76. The van der Waals surface area contributed by atoms with Gasteiger partial charge in [0.2, 0.25) is 21.8 Å². The van der Waals surface area contributed by atoms with Gasteiger partial charge in [0.25, 0.3) is 0 Å². The number of carbonyl (C=O) groups excluding carboxylic acids is 2. The van der Waals surface area contributed by atoms with Crippen molar-refractivity contribution in [2.75, 3.05) is 31.3 Å². The third kappa shape index (κ3) is 8.87. The first kappa shape index (κ1) is 32.8. The second-order valence-electron chi connectivity index (χ2n) is 9.98. The zero-order chi connectivity index (χ0) is 30.9. The molecule has 0 saturated carbocycles. The van der Waals surface area contributed by atoms with Crippen LogP contribution in [0.15, 0.2) is 72.8 Å². The molecule has 2 amide bonds. The highest BCUT2D eigenvalue weighted by molar-refractivity contribution is 7.92. The number of benzene rings is 3. The van der Waals surface area contributed by atoms with Gasteiger partial charge in [0, 0.05) is 30.1 Å². The van der Waals surface area contributed by atoms with Crippen LogP contribution in [0.25, 0.3) is 0 Å². The van der Waals surface area contributed by atoms with Crippen LogP contribution >= 0.6 is 11.6 Å². The van der Waals surface area contributed by atoms with E-state index in [2.05, 4.69) is 5.32 Å². The predicted octanol–water partition coefficient (Wildman–Crippen LogP) is 4.68. The van der Waals surface area contributed by atoms with Crippen LogP contribution in [0.3, 0.4) is 0 Å². The molecule has 0 saturated heterocycles. The first-order valence-electron chi connectivity index (χ1n) is 13.5. The van der Waals surface area contributed by atoms with Gasteiger partial charge in [-0.2, -0.15) is 0 Å². The number of hydrogen-bond acceptors (Lipinski definition) is 6. The van der Waals surface area contributed by atoms with Gasteiger partial charge in [-0.1, -0.05) is 61.0 Å². The lowest BCUT2D eigenvalue weighted by Gasteiger charge is -2.34. The summed E-state index contributed by atoms with van der Waals surface area (Å²) in [7, 11) is -1.08. The number of rotatable bonds is 14. The molecule has 2 atom stereocenters. The molecule has 2 unspecified atom stereocenters. The molecular weight excluding hydrogens is 578 g/mol. The molecule has 0 fully saturated rings. The molecular formula is C31H38ClN3O6S. The van der Waals surface area contributed by atoms with Crippen LogP contribution in [0.2, 0.25) is 5.02 Å². The van der Waals surface area contributed by atoms with Gasteiger partial charge in [0.05, 0.1) is 26.2 Å². The molecule has 226 valence electrons. The van der Waals surface area contributed by atoms with Crippen molar-refractivity contribution >= 4 is 39.1 Å². The van der Waals surface area contributed by atoms with Crippen LogP contribution < -0.4 is 19.1 Å². The topological polar surface area (TPSA) is 105 Å². The maximum Gasteiger partial charge on any atom is 0.244 e. The summed E-state index contributed by atoms with van der Waals surface area (Å²) in [5.41, 5.74) is 1.71. The van der Waals surface area contributed by atoms with Crippen molar-refractivity contribution in [3.63, 3.8) is 0 Å². The van der Waals surface area contributed by atoms with Gasteiger partial charge in [-0.25, -0.2) is 8.42 Å². The quantitative estimate of drug-likeness (QED) is 0.282. The Morgan fingerprint density at radius 1 is 0.952 bits per heavy atom. The number of ether oxygens (including phenoxy) is 2. The fourth-order valence-electron chi connectivity index (χ4n) is 4.41. The number of hydrogen-bond donors (Lipinski definition) is 1. The van der Waals surface area contributed by atoms with Gasteiger partial charge in [0.15, 0.2) is 0 Å². The highest BCUT2D eigenvalue weighted by atomic mass is 35.5. The lowest BCUT2D eigenvalue weighted by Crippen LogP contribution is -2.54. The molecule has 0 aliphatic rings. The predicted molar refractivity (Wildman–Crippen MR) is 166 cm³/mol. The highest BCUT2D eigenvalue weighted by Crippen LogP contribution is 2.34. The number of sulfonamides is 1. The van der Waals surface area contributed by atoms with Gasteiger partial charge in [-0.15, -0.1) is 0 Å². The van der Waals surface area contributed by atoms with Crippen LogP contribution in [0.1, 0.15) is 31.4 Å². The fourth-order valence-corrected chi connectivity index (χ4v) is 5.48. The number of anilines is 1. The molecule has 0 heterocycles. The summed E-state index contributed by atoms with van der Waals surface area (Å²) in [4.78, 5) is 29.4. The van der Waals surface area contributed by atoms with E-state index in [1.54, 1.807) is 36.4 Å². The van der Waals surface area contributed by atoms with Crippen molar-refractivity contribution in [2.24, 2.45) is 0 Å². The number of amides is 2. The van der Waals surface area contributed by atoms with Crippen LogP contribution in [0.5, 0.6) is 11.5 Å². The molecule has 42 heavy (non-hydrogen) atoms. The number of nitrogens with one attached hydrogen (secondary N) is 1. The minimum atomic E-state index is -3.96. The molecule has 0 spiro atoms. The summed E-state index contributed by atoms with van der Waals surface area (Å²) >= 11 is 6.26. The van der Waals surface area contributed by atoms with Gasteiger partial charge in [-0.3, -0.25) is 13.9 Å². The number of methoxy groups -OCH3 is 2. The average molecular weight is 616 g/mol. The number of halogens is 1. The highest BCUT2D eigenvalue weighted by Gasteiger charge is 2.34. The Balaban J connectivity index is 2.10. The van der Waals surface area contributed by atoms with Gasteiger partial charge in [0.1, 0.15) is 24.1 Å². The summed E-state index contributed by atoms with van der Waals surface area (Å²) in [6, 6.07) is 20.0. The minimum absolute atomic E-state index is 0.0299. The van der Waals surface area contributed by atoms with E-state index < -0.39 is 28.5 Å². The van der Waals surface area contributed by atoms with Crippen molar-refractivity contribution in [2.45, 2.75) is 45.3 Å². The smallest absolute Gasteiger partial charge is 0.244 e. The monoisotopic (exact) mass is 615 g/mol. The Kier molecular flexibility index (Phi) is 11.6. The van der Waals surface area contributed by atoms with Crippen LogP contribution in [-0.2, 0) is 32.6 Å². The Labute approximate surface area is 253 Å². The first-order chi connectivity index (χ1) is 20.0. The molecule has 0 aliphatic heterocycles. The van der Waals surface area contributed by atoms with E-state index in [0.717, 1.165) is 16.1 Å². The zero-order valence-electron chi connectivity index (χ0n) is 24.5. The minimum Gasteiger partial charge on any atom is -0.497 e. The van der Waals surface area contributed by atoms with Gasteiger partial charge >= 0.3 is 0 Å². The number of nitrogens with zero attached hydrogens (tertiary/aromatic N) is 2. The van der Waals surface area contributed by atoms with E-state index in [9.17, 15) is 18.0 Å². The van der Waals surface area contributed by atoms with Crippen molar-refractivity contribution in [1.82, 2.24) is 10.2 Å². The third-order valence-electron chi connectivity index (χ3n) is 6.85. The second-order valence-corrected chi connectivity index (χ2v) is 12.3. The molecule has 3 rings (SSSR count). The van der Waals surface area contributed by atoms with Crippen LogP contribution in [0.4, 0.5) is 5.69 Å². The molecule has 0 aliphatic carbocycles. The lowest BCUT2D eigenvalue weighted by molar-refractivity contribution is -0.140. The maximum atomic E-state index is 14.2. The van der Waals surface area contributed by atoms with E-state index in [4.69, 9.17) is 21.1 Å². The fraction of sp³-hybridized carbons (Fsp3) is 0.355. The average Bonchev–Trinajstić information content (AvgIpc) is 2.97. The van der Waals surface area contributed by atoms with E-state index >= 15 is 0 Å². The molecule has 9 nitrogen and oxygen atoms in total. The Bertz CT molecular complexity index is 1470. The lowest BCUT2D eigenvalue weighted by atomic mass is 10.0. The van der Waals surface area contributed by atoms with Crippen molar-refractivity contribution in [1.29, 1.82) is 0 Å². The molecule has 0 radical (unpaired) electrons. The van der Waals surface area contributed by atoms with Crippen molar-refractivity contribution < 1.29 is 27.5 Å². The Morgan fingerprint density at radius 3 is 2.24 bits per heavy atom. The second kappa shape index (κ2) is 14.9. The zero-order valence-corrected chi connectivity index (χ0v) is 26.1. The van der Waals surface area contributed by atoms with E-state index in [1.165, 1.54) is 25.2 Å². The summed E-state index contributed by atoms with van der Waals surface area (Å²) in [6.07, 6.45) is 1.94. The standard InChI is InChI=1S/C31H38ClN3O6S/c1-6-22(2)33-31(37)28(18-23-11-8-7-9-12-23)34(20-24-13-10-14-25(32)17-24)30(36)21-35(42(5,38)39)27-16-15-26(40-3)19-29(27)41-4/h7-17,19,22,28H,6,18,20-21H2,1-5H3,(H,33,37). The molecule has 0 aromatic heterocycles. The van der Waals surface area contributed by atoms with Gasteiger partial charge < -0.3 is 19.7 Å². The first-order valence-corrected chi connectivity index (χ1v) is 15.8. The van der Waals surface area contributed by atoms with Crippen molar-refractivity contribution in [3.8, 4) is 11.5 Å². The normalized spacial score (nSPS) is 12.6. The van der Waals surface area contributed by atoms with Crippen LogP contribution in [-0.4, -0.2) is 64.2 Å². The molecule has 11 heteroatoms. The summed E-state index contributed by atoms with van der Waals surface area (Å²) in [6.45, 7) is 3.31. The van der Waals surface area contributed by atoms with Crippen molar-refractivity contribution in [3.05, 3.63) is 88.9 Å². The summed E-state index contributed by atoms with van der Waals surface area (Å²) < 4.78 is 37.8. The number of carbonyl (C=O) groups is 2. The molecule has 0 bridgehead atoms. The molecule has 1 N–H and O–H groups in total. The van der Waals surface area contributed by atoms with Gasteiger partial charge in [-0.05, 0) is 48.7 Å². The largest absolute Gasteiger partial charge is 0.497 e. The summed E-state index contributed by atoms with van der Waals surface area (Å²) in [5.74, 6) is -0.234.